The summed E-state index contributed by atoms with van der Waals surface area (Å²) in [6.07, 6.45) is 24.7. The van der Waals surface area contributed by atoms with Gasteiger partial charge in [0.15, 0.2) is 0 Å². The van der Waals surface area contributed by atoms with Crippen LogP contribution in [0, 0.1) is 0 Å². The van der Waals surface area contributed by atoms with Crippen molar-refractivity contribution in [3.8, 4) is 0 Å². The molecular weight excluding hydrogens is 278 g/mol. The van der Waals surface area contributed by atoms with Crippen molar-refractivity contribution < 1.29 is 0 Å². The van der Waals surface area contributed by atoms with E-state index in [1.807, 2.05) is 0 Å². The minimum absolute atomic E-state index is 0.714. The first-order valence-corrected chi connectivity index (χ1v) is 11.0. The van der Waals surface area contributed by atoms with E-state index in [1.165, 1.54) is 109 Å². The Morgan fingerprint density at radius 1 is 0.522 bits per heavy atom. The maximum absolute atomic E-state index is 3.50. The highest BCUT2D eigenvalue weighted by molar-refractivity contribution is 4.59. The topological polar surface area (TPSA) is 12.0 Å². The van der Waals surface area contributed by atoms with Gasteiger partial charge in [-0.15, -0.1) is 0 Å². The van der Waals surface area contributed by atoms with Crippen LogP contribution in [0.2, 0.25) is 0 Å². The number of unbranched alkanes of at least 4 members (excludes halogenated alkanes) is 15. The maximum atomic E-state index is 3.50. The van der Waals surface area contributed by atoms with Crippen LogP contribution >= 0.6 is 0 Å². The average molecular weight is 326 g/mol. The third kappa shape index (κ3) is 19.9. The molecule has 0 aliphatic rings. The second-order valence-corrected chi connectivity index (χ2v) is 7.55. The molecule has 0 saturated carbocycles. The first kappa shape index (κ1) is 23.0. The lowest BCUT2D eigenvalue weighted by Crippen LogP contribution is -2.25. The quantitative estimate of drug-likeness (QED) is 0.241. The number of hydrogen-bond donors (Lipinski definition) is 1. The van der Waals surface area contributed by atoms with Gasteiger partial charge in [0.1, 0.15) is 0 Å². The van der Waals surface area contributed by atoms with E-state index in [2.05, 4.69) is 26.1 Å². The second kappa shape index (κ2) is 20.0. The summed E-state index contributed by atoms with van der Waals surface area (Å²) in [5, 5.41) is 3.50. The molecular formula is C22H47N. The summed E-state index contributed by atoms with van der Waals surface area (Å²) >= 11 is 0. The molecule has 1 nitrogen and oxygen atoms in total. The summed E-state index contributed by atoms with van der Waals surface area (Å²) in [5.74, 6) is 0. The molecule has 0 aliphatic carbocycles. The van der Waals surface area contributed by atoms with Crippen LogP contribution in [0.15, 0.2) is 0 Å². The van der Waals surface area contributed by atoms with Crippen LogP contribution in [0.1, 0.15) is 130 Å². The van der Waals surface area contributed by atoms with E-state index in [-0.39, 0.29) is 0 Å². The van der Waals surface area contributed by atoms with Crippen molar-refractivity contribution >= 4 is 0 Å². The van der Waals surface area contributed by atoms with Crippen LogP contribution in [0.25, 0.3) is 0 Å². The Hall–Kier alpha value is -0.0400. The number of nitrogens with one attached hydrogen (secondary N) is 1. The van der Waals surface area contributed by atoms with Crippen LogP contribution < -0.4 is 5.32 Å². The molecule has 0 saturated heterocycles. The summed E-state index contributed by atoms with van der Waals surface area (Å²) in [7, 11) is 0. The van der Waals surface area contributed by atoms with E-state index in [9.17, 15) is 0 Å². The van der Waals surface area contributed by atoms with Crippen LogP contribution in [0.5, 0.6) is 0 Å². The van der Waals surface area contributed by atoms with Crippen molar-refractivity contribution in [3.05, 3.63) is 0 Å². The summed E-state index contributed by atoms with van der Waals surface area (Å²) in [6.45, 7) is 7.92. The highest BCUT2D eigenvalue weighted by Crippen LogP contribution is 2.14. The lowest BCUT2D eigenvalue weighted by molar-refractivity contribution is 0.484. The van der Waals surface area contributed by atoms with Crippen LogP contribution in [-0.4, -0.2) is 12.6 Å². The molecule has 0 aromatic carbocycles. The molecule has 1 unspecified atom stereocenters. The smallest absolute Gasteiger partial charge is 0.00386 e. The summed E-state index contributed by atoms with van der Waals surface area (Å²) in [4.78, 5) is 0. The van der Waals surface area contributed by atoms with E-state index in [4.69, 9.17) is 0 Å². The molecule has 0 aliphatic heterocycles. The Kier molecular flexibility index (Phi) is 20.0. The van der Waals surface area contributed by atoms with Crippen molar-refractivity contribution in [1.29, 1.82) is 0 Å². The molecule has 0 radical (unpaired) electrons. The Balaban J connectivity index is 3.00. The molecule has 0 aromatic heterocycles. The molecule has 0 bridgehead atoms. The zero-order chi connectivity index (χ0) is 17.0. The first-order chi connectivity index (χ1) is 11.3. The summed E-state index contributed by atoms with van der Waals surface area (Å²) < 4.78 is 0. The fourth-order valence-corrected chi connectivity index (χ4v) is 3.45. The van der Waals surface area contributed by atoms with E-state index >= 15 is 0 Å². The maximum Gasteiger partial charge on any atom is 0.00386 e. The Morgan fingerprint density at radius 3 is 1.22 bits per heavy atom. The highest BCUT2D eigenvalue weighted by atomic mass is 14.9. The number of hydrogen-bond acceptors (Lipinski definition) is 1. The van der Waals surface area contributed by atoms with E-state index in [0.717, 1.165) is 6.54 Å². The average Bonchev–Trinajstić information content (AvgIpc) is 2.54. The SMILES string of the molecule is CCCCCCCCCCCCCCCCCCC(C)NCC. The summed E-state index contributed by atoms with van der Waals surface area (Å²) in [6, 6.07) is 0.714. The van der Waals surface area contributed by atoms with Crippen LogP contribution in [0.3, 0.4) is 0 Å². The molecule has 23 heavy (non-hydrogen) atoms. The van der Waals surface area contributed by atoms with Gasteiger partial charge in [-0.25, -0.2) is 0 Å². The van der Waals surface area contributed by atoms with Gasteiger partial charge in [-0.3, -0.25) is 0 Å². The van der Waals surface area contributed by atoms with Gasteiger partial charge in [0.05, 0.1) is 0 Å². The molecule has 1 heteroatoms. The van der Waals surface area contributed by atoms with Gasteiger partial charge in [-0.05, 0) is 19.9 Å². The fraction of sp³-hybridized carbons (Fsp3) is 1.00. The molecule has 0 amide bonds. The zero-order valence-corrected chi connectivity index (χ0v) is 16.8. The van der Waals surface area contributed by atoms with Gasteiger partial charge in [-0.1, -0.05) is 117 Å². The molecule has 0 heterocycles. The third-order valence-electron chi connectivity index (χ3n) is 5.04. The van der Waals surface area contributed by atoms with Gasteiger partial charge in [0.25, 0.3) is 0 Å². The van der Waals surface area contributed by atoms with Crippen molar-refractivity contribution in [3.63, 3.8) is 0 Å². The normalized spacial score (nSPS) is 12.7. The first-order valence-electron chi connectivity index (χ1n) is 11.0. The van der Waals surface area contributed by atoms with Crippen LogP contribution in [-0.2, 0) is 0 Å². The van der Waals surface area contributed by atoms with E-state index in [1.54, 1.807) is 0 Å². The van der Waals surface area contributed by atoms with Gasteiger partial charge in [-0.2, -0.15) is 0 Å². The van der Waals surface area contributed by atoms with Gasteiger partial charge >= 0.3 is 0 Å². The van der Waals surface area contributed by atoms with Crippen molar-refractivity contribution in [2.45, 2.75) is 136 Å². The van der Waals surface area contributed by atoms with Gasteiger partial charge < -0.3 is 5.32 Å². The molecule has 1 N–H and O–H groups in total. The minimum Gasteiger partial charge on any atom is -0.315 e. The lowest BCUT2D eigenvalue weighted by Gasteiger charge is -2.11. The number of rotatable bonds is 19. The van der Waals surface area contributed by atoms with E-state index < -0.39 is 0 Å². The molecule has 0 fully saturated rings. The lowest BCUT2D eigenvalue weighted by atomic mass is 10.0. The Labute approximate surface area is 148 Å². The fourth-order valence-electron chi connectivity index (χ4n) is 3.45. The minimum atomic E-state index is 0.714. The van der Waals surface area contributed by atoms with E-state index in [0.29, 0.717) is 6.04 Å². The van der Waals surface area contributed by atoms with Crippen LogP contribution in [0.4, 0.5) is 0 Å². The second-order valence-electron chi connectivity index (χ2n) is 7.55. The molecule has 140 valence electrons. The predicted octanol–water partition coefficient (Wildman–Crippen LogP) is 7.64. The molecule has 0 spiro atoms. The largest absolute Gasteiger partial charge is 0.315 e. The van der Waals surface area contributed by atoms with Crippen molar-refractivity contribution in [2.75, 3.05) is 6.54 Å². The molecule has 0 aromatic rings. The predicted molar refractivity (Wildman–Crippen MR) is 107 cm³/mol. The van der Waals surface area contributed by atoms with Crippen molar-refractivity contribution in [1.82, 2.24) is 5.32 Å². The molecule has 0 rings (SSSR count). The zero-order valence-electron chi connectivity index (χ0n) is 16.8. The Bertz CT molecular complexity index is 202. The highest BCUT2D eigenvalue weighted by Gasteiger charge is 1.99. The summed E-state index contributed by atoms with van der Waals surface area (Å²) in [5.41, 5.74) is 0. The Morgan fingerprint density at radius 2 is 0.870 bits per heavy atom. The monoisotopic (exact) mass is 325 g/mol. The van der Waals surface area contributed by atoms with Gasteiger partial charge in [0.2, 0.25) is 0 Å². The van der Waals surface area contributed by atoms with Crippen molar-refractivity contribution in [2.24, 2.45) is 0 Å². The third-order valence-corrected chi connectivity index (χ3v) is 5.04. The van der Waals surface area contributed by atoms with Gasteiger partial charge in [0, 0.05) is 6.04 Å². The standard InChI is InChI=1S/C22H47N/c1-4-6-7-8-9-10-11-12-13-14-15-16-17-18-19-20-21-22(3)23-5-2/h22-23H,4-21H2,1-3H3. The molecule has 1 atom stereocenters.